The van der Waals surface area contributed by atoms with Gasteiger partial charge in [0.25, 0.3) is 6.71 Å². The molecular formula is C45H41BN2O6S. The first kappa shape index (κ1) is 32.9. The van der Waals surface area contributed by atoms with E-state index in [1.165, 1.54) is 37.0 Å². The molecule has 0 fully saturated rings. The third-order valence-corrected chi connectivity index (χ3v) is 12.8. The van der Waals surface area contributed by atoms with Gasteiger partial charge in [0.05, 0.1) is 16.4 Å². The first-order valence-electron chi connectivity index (χ1n) is 19.2. The lowest BCUT2D eigenvalue weighted by Crippen LogP contribution is -2.61. The van der Waals surface area contributed by atoms with Gasteiger partial charge in [-0.3, -0.25) is 0 Å². The lowest BCUT2D eigenvalue weighted by molar-refractivity contribution is 0.170. The lowest BCUT2D eigenvalue weighted by atomic mass is 9.33. The number of aryl methyl sites for hydroxylation is 2. The minimum Gasteiger partial charge on any atom is -0.486 e. The largest absolute Gasteiger partial charge is 0.486 e. The molecule has 8 nitrogen and oxygen atoms in total. The van der Waals surface area contributed by atoms with E-state index < -0.39 is 0 Å². The quantitative estimate of drug-likeness (QED) is 0.163. The van der Waals surface area contributed by atoms with Crippen LogP contribution in [0.5, 0.6) is 34.5 Å². The number of thiophene rings is 1. The number of ether oxygens (including phenoxy) is 6. The predicted octanol–water partition coefficient (Wildman–Crippen LogP) is 8.52. The van der Waals surface area contributed by atoms with Gasteiger partial charge in [0.15, 0.2) is 34.5 Å². The van der Waals surface area contributed by atoms with Crippen LogP contribution in [-0.2, 0) is 5.41 Å². The average molecular weight is 749 g/mol. The minimum absolute atomic E-state index is 0.0235. The molecule has 10 heteroatoms. The summed E-state index contributed by atoms with van der Waals surface area (Å²) in [6.07, 6.45) is 0. The van der Waals surface area contributed by atoms with E-state index in [4.69, 9.17) is 28.4 Å². The number of nitrogens with zero attached hydrogens (tertiary/aromatic N) is 2. The Labute approximate surface area is 325 Å². The van der Waals surface area contributed by atoms with Crippen molar-refractivity contribution in [2.45, 2.75) is 47.0 Å². The standard InChI is InChI=1S/C45H41BN2O6S/c1-24-17-32-41-33(18-24)48(42-25(2)19-38-43(26(42)3)54-16-15-53-38)44-40(29-20-27(45(4,5)6)7-10-39(29)55-44)46(41)30-22-36-37(52-14-13-51-36)23-31(30)47(32)28-8-9-34-35(21-28)50-12-11-49-34/h7-10,17-23H,11-16H2,1-6H3. The molecule has 5 aliphatic rings. The number of fused-ring (bicyclic) bond motifs is 9. The third-order valence-electron chi connectivity index (χ3n) is 11.6. The van der Waals surface area contributed by atoms with Gasteiger partial charge in [0, 0.05) is 39.5 Å². The van der Waals surface area contributed by atoms with Gasteiger partial charge in [-0.1, -0.05) is 32.9 Å². The molecule has 0 N–H and O–H groups in total. The second-order valence-corrected chi connectivity index (χ2v) is 17.2. The maximum atomic E-state index is 6.35. The summed E-state index contributed by atoms with van der Waals surface area (Å²) < 4.78 is 38.5. The van der Waals surface area contributed by atoms with E-state index in [2.05, 4.69) is 112 Å². The molecule has 0 saturated heterocycles. The average Bonchev–Trinajstić information content (AvgIpc) is 3.56. The van der Waals surface area contributed by atoms with Gasteiger partial charge >= 0.3 is 0 Å². The number of rotatable bonds is 2. The van der Waals surface area contributed by atoms with Crippen LogP contribution in [0.4, 0.5) is 33.4 Å². The lowest BCUT2D eigenvalue weighted by Gasteiger charge is -2.44. The number of benzene rings is 5. The summed E-state index contributed by atoms with van der Waals surface area (Å²) in [5, 5.41) is 2.49. The molecule has 0 unspecified atom stereocenters. The molecule has 0 radical (unpaired) electrons. The van der Waals surface area contributed by atoms with Crippen molar-refractivity contribution in [3.63, 3.8) is 0 Å². The maximum Gasteiger partial charge on any atom is 0.254 e. The van der Waals surface area contributed by atoms with Crippen molar-refractivity contribution in [1.29, 1.82) is 0 Å². The van der Waals surface area contributed by atoms with E-state index in [9.17, 15) is 0 Å². The Morgan fingerprint density at radius 3 is 2.00 bits per heavy atom. The Kier molecular flexibility index (Phi) is 7.04. The van der Waals surface area contributed by atoms with Gasteiger partial charge in [0.2, 0.25) is 0 Å². The summed E-state index contributed by atoms with van der Waals surface area (Å²) in [6, 6.07) is 24.6. The van der Waals surface area contributed by atoms with Crippen LogP contribution < -0.4 is 54.6 Å². The van der Waals surface area contributed by atoms with Crippen LogP contribution in [0.3, 0.4) is 0 Å². The SMILES string of the molecule is Cc1cc2c3c(c1)N(c1c(C)cc4c(c1C)OCCO4)c1sc4ccc(C(C)(C)C)cc4c1B3c1cc3c(cc1N2c1ccc2c(c1)OCCO2)OCCO3. The molecule has 55 heavy (non-hydrogen) atoms. The van der Waals surface area contributed by atoms with E-state index in [0.717, 1.165) is 79.6 Å². The Morgan fingerprint density at radius 2 is 1.25 bits per heavy atom. The zero-order valence-corrected chi connectivity index (χ0v) is 32.7. The molecule has 0 saturated carbocycles. The Bertz CT molecular complexity index is 2630. The van der Waals surface area contributed by atoms with Gasteiger partial charge in [-0.2, -0.15) is 0 Å². The summed E-state index contributed by atoms with van der Waals surface area (Å²) >= 11 is 1.87. The van der Waals surface area contributed by atoms with Crippen molar-refractivity contribution >= 4 is 78.0 Å². The van der Waals surface area contributed by atoms with Gasteiger partial charge in [-0.25, -0.2) is 0 Å². The van der Waals surface area contributed by atoms with Crippen LogP contribution in [0.1, 0.15) is 43.0 Å². The van der Waals surface area contributed by atoms with Gasteiger partial charge in [-0.15, -0.1) is 11.3 Å². The third kappa shape index (κ3) is 4.83. The minimum atomic E-state index is -0.0853. The maximum absolute atomic E-state index is 6.35. The molecule has 6 aromatic rings. The number of hydrogen-bond acceptors (Lipinski definition) is 9. The van der Waals surface area contributed by atoms with Crippen molar-refractivity contribution in [3.05, 3.63) is 89.0 Å². The molecule has 0 aliphatic carbocycles. The normalized spacial score (nSPS) is 16.1. The van der Waals surface area contributed by atoms with Crippen LogP contribution in [0.25, 0.3) is 10.1 Å². The van der Waals surface area contributed by atoms with Crippen LogP contribution >= 0.6 is 11.3 Å². The zero-order valence-electron chi connectivity index (χ0n) is 31.9. The Morgan fingerprint density at radius 1 is 0.600 bits per heavy atom. The highest BCUT2D eigenvalue weighted by Crippen LogP contribution is 2.53. The van der Waals surface area contributed by atoms with E-state index in [1.807, 2.05) is 17.4 Å². The van der Waals surface area contributed by atoms with Crippen molar-refractivity contribution < 1.29 is 28.4 Å². The molecule has 0 atom stereocenters. The van der Waals surface area contributed by atoms with E-state index in [-0.39, 0.29) is 12.1 Å². The van der Waals surface area contributed by atoms with Crippen molar-refractivity contribution in [3.8, 4) is 34.5 Å². The van der Waals surface area contributed by atoms with Crippen LogP contribution in [0.2, 0.25) is 0 Å². The first-order chi connectivity index (χ1) is 26.6. The zero-order chi connectivity index (χ0) is 37.3. The molecule has 0 spiro atoms. The monoisotopic (exact) mass is 748 g/mol. The fourth-order valence-corrected chi connectivity index (χ4v) is 10.4. The highest BCUT2D eigenvalue weighted by molar-refractivity contribution is 7.26. The summed E-state index contributed by atoms with van der Waals surface area (Å²) in [4.78, 5) is 4.91. The van der Waals surface area contributed by atoms with Gasteiger partial charge in [-0.05, 0) is 107 Å². The molecule has 11 rings (SSSR count). The van der Waals surface area contributed by atoms with E-state index in [0.29, 0.717) is 39.6 Å². The van der Waals surface area contributed by atoms with Crippen molar-refractivity contribution in [2.24, 2.45) is 0 Å². The molecule has 5 aliphatic heterocycles. The van der Waals surface area contributed by atoms with Crippen molar-refractivity contribution in [1.82, 2.24) is 0 Å². The molecule has 0 amide bonds. The molecule has 0 bridgehead atoms. The highest BCUT2D eigenvalue weighted by atomic mass is 32.1. The number of hydrogen-bond donors (Lipinski definition) is 0. The second-order valence-electron chi connectivity index (χ2n) is 16.2. The van der Waals surface area contributed by atoms with Crippen LogP contribution in [0.15, 0.2) is 66.7 Å². The molecule has 5 aromatic carbocycles. The fourth-order valence-electron chi connectivity index (χ4n) is 9.17. The second kappa shape index (κ2) is 11.8. The topological polar surface area (TPSA) is 61.9 Å². The predicted molar refractivity (Wildman–Crippen MR) is 222 cm³/mol. The smallest absolute Gasteiger partial charge is 0.254 e. The van der Waals surface area contributed by atoms with Crippen LogP contribution in [-0.4, -0.2) is 46.4 Å². The van der Waals surface area contributed by atoms with Gasteiger partial charge in [0.1, 0.15) is 39.6 Å². The molecular weight excluding hydrogens is 707 g/mol. The molecule has 1 aromatic heterocycles. The molecule has 276 valence electrons. The fraction of sp³-hybridized carbons (Fsp3) is 0.289. The van der Waals surface area contributed by atoms with Crippen molar-refractivity contribution in [2.75, 3.05) is 49.4 Å². The van der Waals surface area contributed by atoms with Gasteiger partial charge < -0.3 is 38.2 Å². The summed E-state index contributed by atoms with van der Waals surface area (Å²) in [7, 11) is 0. The first-order valence-corrected chi connectivity index (χ1v) is 20.0. The van der Waals surface area contributed by atoms with E-state index >= 15 is 0 Å². The summed E-state index contributed by atoms with van der Waals surface area (Å²) in [5.41, 5.74) is 13.8. The highest BCUT2D eigenvalue weighted by Gasteiger charge is 2.47. The van der Waals surface area contributed by atoms with Crippen LogP contribution in [0, 0.1) is 20.8 Å². The Hall–Kier alpha value is -5.48. The molecule has 6 heterocycles. The summed E-state index contributed by atoms with van der Waals surface area (Å²) in [5.74, 6) is 4.68. The summed E-state index contributed by atoms with van der Waals surface area (Å²) in [6.45, 7) is 16.5. The van der Waals surface area contributed by atoms with E-state index in [1.54, 1.807) is 0 Å². The Balaban J connectivity index is 1.26. The number of anilines is 6.